The fraction of sp³-hybridized carbons (Fsp3) is 0.368. The molecule has 1 aliphatic rings. The molecule has 27 heavy (non-hydrogen) atoms. The van der Waals surface area contributed by atoms with Gasteiger partial charge in [-0.2, -0.15) is 0 Å². The fourth-order valence-corrected chi connectivity index (χ4v) is 4.06. The van der Waals surface area contributed by atoms with Crippen LogP contribution in [0, 0.1) is 10.1 Å². The Bertz CT molecular complexity index is 957. The van der Waals surface area contributed by atoms with Crippen molar-refractivity contribution in [2.45, 2.75) is 42.1 Å². The van der Waals surface area contributed by atoms with E-state index in [0.717, 1.165) is 5.56 Å². The molecule has 2 aromatic carbocycles. The molecule has 0 aromatic heterocycles. The first-order valence-electron chi connectivity index (χ1n) is 8.48. The van der Waals surface area contributed by atoms with Crippen molar-refractivity contribution in [3.8, 4) is 5.75 Å². The van der Waals surface area contributed by atoms with Crippen LogP contribution in [0.5, 0.6) is 5.75 Å². The summed E-state index contributed by atoms with van der Waals surface area (Å²) in [5.74, 6) is -0.0807. The largest absolute Gasteiger partial charge is 0.484 e. The maximum atomic E-state index is 13.0. The SMILES string of the molecule is CC(C)(C)c1ccc(S(=O)(=O)c2cccc(OCC3CO3)c2[N+](=O)[O-])cc1. The number of benzene rings is 2. The third-order valence-corrected chi connectivity index (χ3v) is 6.09. The van der Waals surface area contributed by atoms with E-state index in [1.165, 1.54) is 30.3 Å². The molecule has 0 N–H and O–H groups in total. The molecule has 0 bridgehead atoms. The van der Waals surface area contributed by atoms with E-state index in [1.54, 1.807) is 12.1 Å². The zero-order valence-electron chi connectivity index (χ0n) is 15.3. The summed E-state index contributed by atoms with van der Waals surface area (Å²) in [5, 5.41) is 11.6. The van der Waals surface area contributed by atoms with Crippen LogP contribution in [0.1, 0.15) is 26.3 Å². The summed E-state index contributed by atoms with van der Waals surface area (Å²) < 4.78 is 36.5. The lowest BCUT2D eigenvalue weighted by atomic mass is 9.87. The fourth-order valence-electron chi connectivity index (χ4n) is 2.62. The summed E-state index contributed by atoms with van der Waals surface area (Å²) in [7, 11) is -4.08. The van der Waals surface area contributed by atoms with E-state index in [4.69, 9.17) is 9.47 Å². The number of para-hydroxylation sites is 1. The second-order valence-corrected chi connectivity index (χ2v) is 9.32. The van der Waals surface area contributed by atoms with Gasteiger partial charge < -0.3 is 9.47 Å². The lowest BCUT2D eigenvalue weighted by Gasteiger charge is -2.19. The summed E-state index contributed by atoms with van der Waals surface area (Å²) >= 11 is 0. The molecule has 1 fully saturated rings. The quantitative estimate of drug-likeness (QED) is 0.424. The van der Waals surface area contributed by atoms with Gasteiger partial charge in [0.1, 0.15) is 12.7 Å². The number of sulfone groups is 1. The maximum absolute atomic E-state index is 13.0. The van der Waals surface area contributed by atoms with E-state index in [2.05, 4.69) is 0 Å². The topological polar surface area (TPSA) is 99.0 Å². The first-order valence-corrected chi connectivity index (χ1v) is 9.96. The molecule has 1 atom stereocenters. The van der Waals surface area contributed by atoms with Gasteiger partial charge in [-0.1, -0.05) is 39.0 Å². The van der Waals surface area contributed by atoms with Gasteiger partial charge in [0.05, 0.1) is 16.4 Å². The van der Waals surface area contributed by atoms with E-state index < -0.39 is 20.4 Å². The number of nitrogens with zero attached hydrogens (tertiary/aromatic N) is 1. The second-order valence-electron chi connectivity index (χ2n) is 7.40. The molecule has 0 radical (unpaired) electrons. The van der Waals surface area contributed by atoms with Gasteiger partial charge in [0.15, 0.2) is 10.6 Å². The third-order valence-electron chi connectivity index (χ3n) is 4.29. The first-order chi connectivity index (χ1) is 12.6. The highest BCUT2D eigenvalue weighted by atomic mass is 32.2. The molecule has 1 saturated heterocycles. The van der Waals surface area contributed by atoms with Crippen LogP contribution in [0.4, 0.5) is 5.69 Å². The number of nitro benzene ring substituents is 1. The minimum absolute atomic E-state index is 0.00118. The van der Waals surface area contributed by atoms with Crippen LogP contribution in [-0.2, 0) is 20.0 Å². The lowest BCUT2D eigenvalue weighted by molar-refractivity contribution is -0.388. The van der Waals surface area contributed by atoms with Gasteiger partial charge in [0.2, 0.25) is 9.84 Å². The Hall–Kier alpha value is -2.45. The number of rotatable bonds is 6. The van der Waals surface area contributed by atoms with Crippen molar-refractivity contribution in [2.75, 3.05) is 13.2 Å². The van der Waals surface area contributed by atoms with Gasteiger partial charge in [-0.3, -0.25) is 10.1 Å². The van der Waals surface area contributed by atoms with Crippen molar-refractivity contribution in [3.05, 3.63) is 58.1 Å². The summed E-state index contributed by atoms with van der Waals surface area (Å²) in [5.41, 5.74) is 0.280. The van der Waals surface area contributed by atoms with Crippen molar-refractivity contribution in [1.82, 2.24) is 0 Å². The third kappa shape index (κ3) is 4.12. The lowest BCUT2D eigenvalue weighted by Crippen LogP contribution is -2.12. The number of nitro groups is 1. The van der Waals surface area contributed by atoms with Crippen molar-refractivity contribution in [1.29, 1.82) is 0 Å². The van der Waals surface area contributed by atoms with Crippen molar-refractivity contribution < 1.29 is 22.8 Å². The van der Waals surface area contributed by atoms with E-state index in [9.17, 15) is 18.5 Å². The average molecular weight is 391 g/mol. The molecule has 1 unspecified atom stereocenters. The van der Waals surface area contributed by atoms with E-state index in [0.29, 0.717) is 6.61 Å². The van der Waals surface area contributed by atoms with Crippen molar-refractivity contribution in [3.63, 3.8) is 0 Å². The minimum atomic E-state index is -4.08. The Morgan fingerprint density at radius 1 is 1.19 bits per heavy atom. The normalized spacial score (nSPS) is 16.8. The summed E-state index contributed by atoms with van der Waals surface area (Å²) in [6.07, 6.45) is -0.102. The smallest absolute Gasteiger partial charge is 0.329 e. The Labute approximate surface area is 158 Å². The highest BCUT2D eigenvalue weighted by Crippen LogP contribution is 2.37. The average Bonchev–Trinajstić information content (AvgIpc) is 3.43. The molecule has 0 saturated carbocycles. The van der Waals surface area contributed by atoms with E-state index in [-0.39, 0.29) is 33.7 Å². The van der Waals surface area contributed by atoms with E-state index in [1.807, 2.05) is 20.8 Å². The molecule has 1 aliphatic heterocycles. The highest BCUT2D eigenvalue weighted by molar-refractivity contribution is 7.91. The van der Waals surface area contributed by atoms with Gasteiger partial charge in [-0.15, -0.1) is 0 Å². The van der Waals surface area contributed by atoms with Gasteiger partial charge >= 0.3 is 5.69 Å². The second kappa shape index (κ2) is 6.94. The summed E-state index contributed by atoms with van der Waals surface area (Å²) in [6, 6.07) is 10.5. The number of epoxide rings is 1. The van der Waals surface area contributed by atoms with Crippen LogP contribution >= 0.6 is 0 Å². The Morgan fingerprint density at radius 2 is 1.81 bits per heavy atom. The van der Waals surface area contributed by atoms with Crippen LogP contribution in [0.15, 0.2) is 52.3 Å². The van der Waals surface area contributed by atoms with Gasteiger partial charge in [-0.25, -0.2) is 8.42 Å². The summed E-state index contributed by atoms with van der Waals surface area (Å²) in [6.45, 7) is 6.74. The van der Waals surface area contributed by atoms with Crippen LogP contribution < -0.4 is 4.74 Å². The molecule has 8 heteroatoms. The predicted octanol–water partition coefficient (Wildman–Crippen LogP) is 3.50. The molecule has 2 aromatic rings. The van der Waals surface area contributed by atoms with Gasteiger partial charge in [0.25, 0.3) is 0 Å². The predicted molar refractivity (Wildman–Crippen MR) is 98.9 cm³/mol. The minimum Gasteiger partial charge on any atom is -0.484 e. The molecular formula is C19H21NO6S. The van der Waals surface area contributed by atoms with Crippen LogP contribution in [0.2, 0.25) is 0 Å². The molecule has 3 rings (SSSR count). The van der Waals surface area contributed by atoms with E-state index >= 15 is 0 Å². The Morgan fingerprint density at radius 3 is 2.33 bits per heavy atom. The van der Waals surface area contributed by atoms with Gasteiger partial charge in [0, 0.05) is 0 Å². The zero-order valence-corrected chi connectivity index (χ0v) is 16.2. The molecule has 144 valence electrons. The van der Waals surface area contributed by atoms with Crippen molar-refractivity contribution >= 4 is 15.5 Å². The number of hydrogen-bond acceptors (Lipinski definition) is 6. The highest BCUT2D eigenvalue weighted by Gasteiger charge is 2.32. The molecular weight excluding hydrogens is 370 g/mol. The molecule has 1 heterocycles. The zero-order chi connectivity index (χ0) is 19.8. The molecule has 7 nitrogen and oxygen atoms in total. The Kier molecular flexibility index (Phi) is 4.96. The van der Waals surface area contributed by atoms with Gasteiger partial charge in [-0.05, 0) is 35.2 Å². The monoisotopic (exact) mass is 391 g/mol. The maximum Gasteiger partial charge on any atom is 0.329 e. The van der Waals surface area contributed by atoms with Crippen LogP contribution in [0.25, 0.3) is 0 Å². The molecule has 0 amide bonds. The number of hydrogen-bond donors (Lipinski definition) is 0. The molecule has 0 spiro atoms. The van der Waals surface area contributed by atoms with Crippen molar-refractivity contribution in [2.24, 2.45) is 0 Å². The van der Waals surface area contributed by atoms with Crippen LogP contribution in [-0.4, -0.2) is 32.7 Å². The number of ether oxygens (including phenoxy) is 2. The Balaban J connectivity index is 2.02. The van der Waals surface area contributed by atoms with Crippen LogP contribution in [0.3, 0.4) is 0 Å². The standard InChI is InChI=1S/C19H21NO6S/c1-19(2,3)13-7-9-15(10-8-13)27(23,24)17-6-4-5-16(18(17)20(21)22)26-12-14-11-25-14/h4-10,14H,11-12H2,1-3H3. The summed E-state index contributed by atoms with van der Waals surface area (Å²) in [4.78, 5) is 10.5. The molecule has 0 aliphatic carbocycles. The first kappa shape index (κ1) is 19.3.